The van der Waals surface area contributed by atoms with E-state index in [4.69, 9.17) is 0 Å². The molecule has 0 unspecified atom stereocenters. The monoisotopic (exact) mass is 776 g/mol. The van der Waals surface area contributed by atoms with Crippen molar-refractivity contribution in [1.29, 1.82) is 0 Å². The van der Waals surface area contributed by atoms with Crippen molar-refractivity contribution in [2.75, 3.05) is 9.80 Å². The lowest BCUT2D eigenvalue weighted by molar-refractivity contribution is 0.793. The van der Waals surface area contributed by atoms with E-state index >= 15 is 0 Å². The normalized spacial score (nSPS) is 14.3. The van der Waals surface area contributed by atoms with Crippen LogP contribution in [0.2, 0.25) is 0 Å². The number of hydrogen-bond donors (Lipinski definition) is 0. The van der Waals surface area contributed by atoms with Crippen LogP contribution in [0.15, 0.2) is 218 Å². The molecule has 0 atom stereocenters. The lowest BCUT2D eigenvalue weighted by Crippen LogP contribution is -2.26. The fourth-order valence-electron chi connectivity index (χ4n) is 11.2. The minimum atomic E-state index is -0.438. The van der Waals surface area contributed by atoms with Gasteiger partial charge in [-0.05, 0) is 128 Å². The van der Waals surface area contributed by atoms with Crippen LogP contribution in [0.25, 0.3) is 50.2 Å². The molecule has 4 aliphatic rings. The van der Waals surface area contributed by atoms with Crippen LogP contribution in [0.3, 0.4) is 0 Å². The number of rotatable bonds is 5. The maximum absolute atomic E-state index is 2.50. The quantitative estimate of drug-likeness (QED) is 0.172. The van der Waals surface area contributed by atoms with E-state index in [0.29, 0.717) is 0 Å². The molecule has 0 radical (unpaired) electrons. The van der Waals surface area contributed by atoms with Gasteiger partial charge in [0.25, 0.3) is 0 Å². The van der Waals surface area contributed by atoms with E-state index < -0.39 is 5.41 Å². The predicted octanol–water partition coefficient (Wildman–Crippen LogP) is 15.3. The van der Waals surface area contributed by atoms with Crippen LogP contribution in [0.4, 0.5) is 28.4 Å². The van der Waals surface area contributed by atoms with Crippen LogP contribution in [-0.4, -0.2) is 0 Å². The Morgan fingerprint density at radius 3 is 1.59 bits per heavy atom. The molecule has 0 saturated carbocycles. The standard InChI is InChI=1S/C59H40N2/c1-3-15-39(16-4-1)40-29-31-43(32-30-40)60(45-34-36-50-51-24-13-17-41-18-14-28-56(58(41)51)61(57(50)38-45)42-19-5-2-6-20-42)44-33-35-49-48-23-9-12-27-54(48)59(55(49)37-44)52-25-10-7-21-46(52)47-22-8-11-26-53(47)59/h1-13,15-17,19-38H,14,18H2. The number of hydrogen-bond acceptors (Lipinski definition) is 2. The topological polar surface area (TPSA) is 6.48 Å². The lowest BCUT2D eigenvalue weighted by Gasteiger charge is -2.39. The molecule has 286 valence electrons. The van der Waals surface area contributed by atoms with Gasteiger partial charge in [-0.3, -0.25) is 0 Å². The second-order valence-electron chi connectivity index (χ2n) is 16.7. The largest absolute Gasteiger partial charge is 0.310 e. The van der Waals surface area contributed by atoms with Gasteiger partial charge < -0.3 is 9.80 Å². The van der Waals surface area contributed by atoms with Crippen molar-refractivity contribution in [3.8, 4) is 44.5 Å². The Morgan fingerprint density at radius 2 is 0.918 bits per heavy atom. The molecule has 2 heteroatoms. The molecule has 9 aromatic rings. The second kappa shape index (κ2) is 13.2. The van der Waals surface area contributed by atoms with Crippen LogP contribution in [-0.2, 0) is 11.8 Å². The fourth-order valence-corrected chi connectivity index (χ4v) is 11.2. The first kappa shape index (κ1) is 34.2. The third-order valence-electron chi connectivity index (χ3n) is 13.7. The number of anilines is 5. The van der Waals surface area contributed by atoms with Crippen molar-refractivity contribution in [3.63, 3.8) is 0 Å². The van der Waals surface area contributed by atoms with E-state index in [2.05, 4.69) is 228 Å². The van der Waals surface area contributed by atoms with Crippen molar-refractivity contribution in [2.45, 2.75) is 18.3 Å². The molecule has 0 fully saturated rings. The van der Waals surface area contributed by atoms with Gasteiger partial charge in [-0.1, -0.05) is 170 Å². The van der Waals surface area contributed by atoms with E-state index in [1.807, 2.05) is 0 Å². The van der Waals surface area contributed by atoms with Gasteiger partial charge in [0.15, 0.2) is 0 Å². The molecule has 9 aromatic carbocycles. The highest BCUT2D eigenvalue weighted by molar-refractivity contribution is 6.06. The molecular weight excluding hydrogens is 737 g/mol. The van der Waals surface area contributed by atoms with Gasteiger partial charge in [0, 0.05) is 33.9 Å². The highest BCUT2D eigenvalue weighted by Crippen LogP contribution is 2.63. The second-order valence-corrected chi connectivity index (χ2v) is 16.7. The number of para-hydroxylation sites is 1. The summed E-state index contributed by atoms with van der Waals surface area (Å²) in [6.45, 7) is 0. The van der Waals surface area contributed by atoms with Gasteiger partial charge in [-0.15, -0.1) is 0 Å². The van der Waals surface area contributed by atoms with E-state index in [-0.39, 0.29) is 0 Å². The van der Waals surface area contributed by atoms with Gasteiger partial charge in [0.05, 0.1) is 16.8 Å². The van der Waals surface area contributed by atoms with E-state index in [1.165, 1.54) is 95.0 Å². The van der Waals surface area contributed by atoms with Crippen molar-refractivity contribution in [2.24, 2.45) is 0 Å². The summed E-state index contributed by atoms with van der Waals surface area (Å²) >= 11 is 0. The molecule has 61 heavy (non-hydrogen) atoms. The van der Waals surface area contributed by atoms with Crippen LogP contribution in [0.5, 0.6) is 0 Å². The Balaban J connectivity index is 1.06. The average molecular weight is 777 g/mol. The Morgan fingerprint density at radius 1 is 0.393 bits per heavy atom. The molecule has 2 nitrogen and oxygen atoms in total. The maximum atomic E-state index is 2.50. The zero-order chi connectivity index (χ0) is 40.1. The van der Waals surface area contributed by atoms with E-state index in [9.17, 15) is 0 Å². The zero-order valence-electron chi connectivity index (χ0n) is 33.6. The summed E-state index contributed by atoms with van der Waals surface area (Å²) in [5.74, 6) is 0. The fraction of sp³-hybridized carbons (Fsp3) is 0.0508. The molecule has 0 aromatic heterocycles. The van der Waals surface area contributed by atoms with Crippen molar-refractivity contribution in [1.82, 2.24) is 0 Å². The smallest absolute Gasteiger partial charge is 0.0726 e. The first-order valence-electron chi connectivity index (χ1n) is 21.5. The summed E-state index contributed by atoms with van der Waals surface area (Å²) in [6, 6.07) is 79.1. The molecule has 0 bridgehead atoms. The number of aryl methyl sites for hydroxylation is 1. The maximum Gasteiger partial charge on any atom is 0.0726 e. The predicted molar refractivity (Wildman–Crippen MR) is 253 cm³/mol. The van der Waals surface area contributed by atoms with Gasteiger partial charge in [0.1, 0.15) is 0 Å². The minimum Gasteiger partial charge on any atom is -0.310 e. The van der Waals surface area contributed by atoms with E-state index in [1.54, 1.807) is 0 Å². The number of benzene rings is 9. The SMILES string of the molecule is C1=C2c3c(cccc3-c3ccc(N(c4ccc(-c5ccccc5)cc4)c4ccc5c(c4)C4(c6ccccc6-c6ccccc64)c4ccccc4-5)cc3N2c2ccccc2)CC1. The third-order valence-corrected chi connectivity index (χ3v) is 13.7. The summed E-state index contributed by atoms with van der Waals surface area (Å²) in [4.78, 5) is 4.98. The van der Waals surface area contributed by atoms with Gasteiger partial charge in [-0.25, -0.2) is 0 Å². The minimum absolute atomic E-state index is 0.438. The summed E-state index contributed by atoms with van der Waals surface area (Å²) in [6.07, 6.45) is 4.53. The van der Waals surface area contributed by atoms with Crippen molar-refractivity contribution >= 4 is 34.1 Å². The highest BCUT2D eigenvalue weighted by Gasteiger charge is 2.51. The van der Waals surface area contributed by atoms with Crippen LogP contribution in [0.1, 0.15) is 39.8 Å². The molecule has 1 spiro atoms. The van der Waals surface area contributed by atoms with Crippen molar-refractivity contribution < 1.29 is 0 Å². The molecule has 13 rings (SSSR count). The van der Waals surface area contributed by atoms with Crippen LogP contribution in [0, 0.1) is 0 Å². The molecule has 0 amide bonds. The highest BCUT2D eigenvalue weighted by atomic mass is 15.2. The van der Waals surface area contributed by atoms with E-state index in [0.717, 1.165) is 29.9 Å². The molecule has 1 heterocycles. The number of nitrogens with zero attached hydrogens (tertiary/aromatic N) is 2. The summed E-state index contributed by atoms with van der Waals surface area (Å²) in [7, 11) is 0. The Hall–Kier alpha value is -7.68. The van der Waals surface area contributed by atoms with Gasteiger partial charge >= 0.3 is 0 Å². The average Bonchev–Trinajstić information content (AvgIpc) is 3.80. The van der Waals surface area contributed by atoms with Gasteiger partial charge in [-0.2, -0.15) is 0 Å². The first-order valence-corrected chi connectivity index (χ1v) is 21.5. The summed E-state index contributed by atoms with van der Waals surface area (Å²) in [5, 5.41) is 0. The molecule has 0 saturated heterocycles. The molecule has 3 aliphatic carbocycles. The molecular formula is C59H40N2. The van der Waals surface area contributed by atoms with Gasteiger partial charge in [0.2, 0.25) is 0 Å². The molecule has 1 aliphatic heterocycles. The Bertz CT molecular complexity index is 3190. The Labute approximate surface area is 357 Å². The molecule has 0 N–H and O–H groups in total. The van der Waals surface area contributed by atoms with Crippen LogP contribution < -0.4 is 9.80 Å². The van der Waals surface area contributed by atoms with Crippen molar-refractivity contribution in [3.05, 3.63) is 252 Å². The zero-order valence-corrected chi connectivity index (χ0v) is 33.6. The Kier molecular flexibility index (Phi) is 7.38. The summed E-state index contributed by atoms with van der Waals surface area (Å²) < 4.78 is 0. The number of allylic oxidation sites excluding steroid dienone is 1. The number of fused-ring (bicyclic) bond motifs is 12. The summed E-state index contributed by atoms with van der Waals surface area (Å²) in [5.41, 5.74) is 24.9. The van der Waals surface area contributed by atoms with Crippen LogP contribution >= 0.6 is 0 Å². The first-order chi connectivity index (χ1) is 30.3. The lowest BCUT2D eigenvalue weighted by atomic mass is 9.70. The third kappa shape index (κ3) is 4.85.